The topological polar surface area (TPSA) is 3.24 Å². The van der Waals surface area contributed by atoms with E-state index < -0.39 is 0 Å². The highest BCUT2D eigenvalue weighted by atomic mass is 15.1. The zero-order valence-electron chi connectivity index (χ0n) is 6.69. The van der Waals surface area contributed by atoms with E-state index >= 15 is 0 Å². The van der Waals surface area contributed by atoms with Crippen molar-refractivity contribution in [3.05, 3.63) is 0 Å². The lowest BCUT2D eigenvalue weighted by Crippen LogP contribution is -2.18. The van der Waals surface area contributed by atoms with Crippen molar-refractivity contribution in [3.63, 3.8) is 0 Å². The zero-order valence-corrected chi connectivity index (χ0v) is 6.69. The lowest BCUT2D eigenvalue weighted by molar-refractivity contribution is 0.383. The molecule has 1 nitrogen and oxygen atoms in total. The minimum absolute atomic E-state index is 0.994. The van der Waals surface area contributed by atoms with Crippen LogP contribution in [0.25, 0.3) is 0 Å². The van der Waals surface area contributed by atoms with Crippen molar-refractivity contribution < 1.29 is 0 Å². The molecule has 0 aromatic heterocycles. The first-order valence-corrected chi connectivity index (χ1v) is 4.11. The average Bonchev–Trinajstić information content (AvgIpc) is 2.41. The van der Waals surface area contributed by atoms with E-state index in [1.54, 1.807) is 0 Å². The lowest BCUT2D eigenvalue weighted by Gasteiger charge is -2.08. The molecule has 1 fully saturated rings. The van der Waals surface area contributed by atoms with Crippen molar-refractivity contribution in [1.82, 2.24) is 4.90 Å². The molecule has 0 bridgehead atoms. The van der Waals surface area contributed by atoms with Crippen LogP contribution < -0.4 is 0 Å². The lowest BCUT2D eigenvalue weighted by atomic mass is 10.4. The molecule has 1 heterocycles. The van der Waals surface area contributed by atoms with Crippen LogP contribution in [-0.2, 0) is 0 Å². The van der Waals surface area contributed by atoms with E-state index in [1.165, 1.54) is 25.9 Å². The Morgan fingerprint density at radius 2 is 1.90 bits per heavy atom. The summed E-state index contributed by atoms with van der Waals surface area (Å²) in [5.74, 6) is 6.24. The smallest absolute Gasteiger partial charge is 0.0601 e. The summed E-state index contributed by atoms with van der Waals surface area (Å²) in [7, 11) is 0. The van der Waals surface area contributed by atoms with Gasteiger partial charge < -0.3 is 0 Å². The highest BCUT2D eigenvalue weighted by Crippen LogP contribution is 2.05. The van der Waals surface area contributed by atoms with Gasteiger partial charge in [0.25, 0.3) is 0 Å². The molecule has 1 saturated heterocycles. The molecule has 10 heavy (non-hydrogen) atoms. The van der Waals surface area contributed by atoms with Crippen LogP contribution in [0.5, 0.6) is 0 Å². The summed E-state index contributed by atoms with van der Waals surface area (Å²) in [6.07, 6.45) is 3.73. The van der Waals surface area contributed by atoms with Crippen molar-refractivity contribution in [1.29, 1.82) is 0 Å². The number of nitrogens with zero attached hydrogens (tertiary/aromatic N) is 1. The Kier molecular flexibility index (Phi) is 3.32. The molecule has 0 saturated carbocycles. The number of rotatable bonds is 1. The first-order chi connectivity index (χ1) is 4.93. The van der Waals surface area contributed by atoms with E-state index in [9.17, 15) is 0 Å². The maximum atomic E-state index is 3.15. The van der Waals surface area contributed by atoms with E-state index in [-0.39, 0.29) is 0 Å². The SMILES string of the molecule is CCC#CCN1CCCC1. The summed E-state index contributed by atoms with van der Waals surface area (Å²) in [5, 5.41) is 0. The molecular weight excluding hydrogens is 122 g/mol. The molecule has 0 amide bonds. The van der Waals surface area contributed by atoms with Gasteiger partial charge in [0, 0.05) is 6.42 Å². The molecular formula is C9H15N. The summed E-state index contributed by atoms with van der Waals surface area (Å²) in [4.78, 5) is 2.42. The fourth-order valence-electron chi connectivity index (χ4n) is 1.23. The highest BCUT2D eigenvalue weighted by Gasteiger charge is 2.08. The predicted molar refractivity (Wildman–Crippen MR) is 43.7 cm³/mol. The first-order valence-electron chi connectivity index (χ1n) is 4.11. The standard InChI is InChI=1S/C9H15N/c1-2-3-4-7-10-8-5-6-9-10/h2,5-9H2,1H3. The monoisotopic (exact) mass is 137 g/mol. The van der Waals surface area contributed by atoms with Crippen LogP contribution in [0.15, 0.2) is 0 Å². The maximum absolute atomic E-state index is 3.15. The summed E-state index contributed by atoms with van der Waals surface area (Å²) in [6.45, 7) is 5.61. The summed E-state index contributed by atoms with van der Waals surface area (Å²) in [5.41, 5.74) is 0. The van der Waals surface area contributed by atoms with Crippen LogP contribution in [-0.4, -0.2) is 24.5 Å². The van der Waals surface area contributed by atoms with Crippen LogP contribution in [0.4, 0.5) is 0 Å². The minimum Gasteiger partial charge on any atom is -0.292 e. The van der Waals surface area contributed by atoms with Crippen molar-refractivity contribution in [2.45, 2.75) is 26.2 Å². The molecule has 0 aliphatic carbocycles. The van der Waals surface area contributed by atoms with Gasteiger partial charge in [0.2, 0.25) is 0 Å². The second kappa shape index (κ2) is 4.35. The Morgan fingerprint density at radius 3 is 2.50 bits per heavy atom. The minimum atomic E-state index is 0.994. The molecule has 0 aromatic rings. The van der Waals surface area contributed by atoms with Gasteiger partial charge in [-0.25, -0.2) is 0 Å². The van der Waals surface area contributed by atoms with Crippen molar-refractivity contribution in [2.75, 3.05) is 19.6 Å². The molecule has 1 rings (SSSR count). The van der Waals surface area contributed by atoms with Crippen molar-refractivity contribution in [3.8, 4) is 11.8 Å². The third kappa shape index (κ3) is 2.41. The number of hydrogen-bond acceptors (Lipinski definition) is 1. The van der Waals surface area contributed by atoms with Gasteiger partial charge in [-0.05, 0) is 25.9 Å². The highest BCUT2D eigenvalue weighted by molar-refractivity contribution is 5.00. The molecule has 0 N–H and O–H groups in total. The van der Waals surface area contributed by atoms with Gasteiger partial charge in [0.15, 0.2) is 0 Å². The Hall–Kier alpha value is -0.480. The van der Waals surface area contributed by atoms with Crippen LogP contribution in [0, 0.1) is 11.8 Å². The Labute approximate surface area is 63.4 Å². The van der Waals surface area contributed by atoms with Gasteiger partial charge in [-0.1, -0.05) is 12.8 Å². The van der Waals surface area contributed by atoms with Crippen molar-refractivity contribution in [2.24, 2.45) is 0 Å². The molecule has 0 spiro atoms. The van der Waals surface area contributed by atoms with Gasteiger partial charge >= 0.3 is 0 Å². The van der Waals surface area contributed by atoms with Gasteiger partial charge in [0.1, 0.15) is 0 Å². The molecule has 1 aliphatic heterocycles. The van der Waals surface area contributed by atoms with Gasteiger partial charge in [0.05, 0.1) is 6.54 Å². The van der Waals surface area contributed by atoms with Crippen molar-refractivity contribution >= 4 is 0 Å². The van der Waals surface area contributed by atoms with E-state index in [0.29, 0.717) is 0 Å². The molecule has 0 atom stereocenters. The van der Waals surface area contributed by atoms with E-state index in [0.717, 1.165) is 13.0 Å². The van der Waals surface area contributed by atoms with Crippen LogP contribution in [0.1, 0.15) is 26.2 Å². The van der Waals surface area contributed by atoms with Gasteiger partial charge in [-0.15, -0.1) is 5.92 Å². The summed E-state index contributed by atoms with van der Waals surface area (Å²) >= 11 is 0. The largest absolute Gasteiger partial charge is 0.292 e. The van der Waals surface area contributed by atoms with Gasteiger partial charge in [-0.2, -0.15) is 0 Å². The third-order valence-corrected chi connectivity index (χ3v) is 1.80. The predicted octanol–water partition coefficient (Wildman–Crippen LogP) is 1.50. The fourth-order valence-corrected chi connectivity index (χ4v) is 1.23. The van der Waals surface area contributed by atoms with Crippen LogP contribution in [0.3, 0.4) is 0 Å². The Balaban J connectivity index is 2.12. The fraction of sp³-hybridized carbons (Fsp3) is 0.778. The quantitative estimate of drug-likeness (QED) is 0.495. The van der Waals surface area contributed by atoms with Crippen LogP contribution in [0.2, 0.25) is 0 Å². The summed E-state index contributed by atoms with van der Waals surface area (Å²) in [6, 6.07) is 0. The van der Waals surface area contributed by atoms with E-state index in [1.807, 2.05) is 0 Å². The molecule has 1 aliphatic rings. The van der Waals surface area contributed by atoms with Crippen LogP contribution >= 0.6 is 0 Å². The first kappa shape index (κ1) is 7.63. The molecule has 0 aromatic carbocycles. The van der Waals surface area contributed by atoms with E-state index in [2.05, 4.69) is 23.7 Å². The average molecular weight is 137 g/mol. The Bertz CT molecular complexity index is 135. The second-order valence-electron chi connectivity index (χ2n) is 2.69. The number of hydrogen-bond donors (Lipinski definition) is 0. The third-order valence-electron chi connectivity index (χ3n) is 1.80. The molecule has 0 unspecified atom stereocenters. The van der Waals surface area contributed by atoms with Gasteiger partial charge in [-0.3, -0.25) is 4.90 Å². The zero-order chi connectivity index (χ0) is 7.23. The molecule has 0 radical (unpaired) electrons. The molecule has 1 heteroatoms. The second-order valence-corrected chi connectivity index (χ2v) is 2.69. The normalized spacial score (nSPS) is 18.5. The maximum Gasteiger partial charge on any atom is 0.0601 e. The number of likely N-dealkylation sites (tertiary alicyclic amines) is 1. The Morgan fingerprint density at radius 1 is 1.20 bits per heavy atom. The van der Waals surface area contributed by atoms with E-state index in [4.69, 9.17) is 0 Å². The molecule has 56 valence electrons. The summed E-state index contributed by atoms with van der Waals surface area (Å²) < 4.78 is 0.